The molecule has 4 rings (SSSR count). The molecule has 0 unspecified atom stereocenters. The van der Waals surface area contributed by atoms with Crippen LogP contribution in [0.1, 0.15) is 48.0 Å². The SMILES string of the molecule is Cc1cc2oc(=O)cc(C[NH+](Cc3ccco3)Cc3ccco3)c2cc1C(C)C. The van der Waals surface area contributed by atoms with E-state index in [-0.39, 0.29) is 5.63 Å². The summed E-state index contributed by atoms with van der Waals surface area (Å²) in [6.07, 6.45) is 3.37. The first kappa shape index (κ1) is 19.3. The molecule has 29 heavy (non-hydrogen) atoms. The van der Waals surface area contributed by atoms with Crippen LogP contribution in [0, 0.1) is 6.92 Å². The molecule has 0 bridgehead atoms. The number of hydrogen-bond donors (Lipinski definition) is 1. The lowest BCUT2D eigenvalue weighted by Gasteiger charge is -2.19. The molecule has 0 aliphatic rings. The minimum absolute atomic E-state index is 0.320. The number of benzene rings is 1. The van der Waals surface area contributed by atoms with Gasteiger partial charge in [-0.2, -0.15) is 0 Å². The van der Waals surface area contributed by atoms with Crippen molar-refractivity contribution in [2.45, 2.75) is 46.3 Å². The summed E-state index contributed by atoms with van der Waals surface area (Å²) in [7, 11) is 0. The van der Waals surface area contributed by atoms with Crippen molar-refractivity contribution in [3.05, 3.63) is 93.6 Å². The average Bonchev–Trinajstić information content (AvgIpc) is 3.35. The average molecular weight is 392 g/mol. The smallest absolute Gasteiger partial charge is 0.336 e. The summed E-state index contributed by atoms with van der Waals surface area (Å²) in [5.74, 6) is 2.20. The summed E-state index contributed by atoms with van der Waals surface area (Å²) >= 11 is 0. The van der Waals surface area contributed by atoms with E-state index in [1.54, 1.807) is 18.6 Å². The van der Waals surface area contributed by atoms with Gasteiger partial charge in [0.1, 0.15) is 25.2 Å². The number of quaternary nitrogens is 1. The summed E-state index contributed by atoms with van der Waals surface area (Å²) in [6.45, 7) is 8.46. The highest BCUT2D eigenvalue weighted by Crippen LogP contribution is 2.26. The summed E-state index contributed by atoms with van der Waals surface area (Å²) < 4.78 is 16.6. The Morgan fingerprint density at radius 2 is 1.59 bits per heavy atom. The van der Waals surface area contributed by atoms with E-state index in [2.05, 4.69) is 26.8 Å². The Morgan fingerprint density at radius 1 is 0.931 bits per heavy atom. The molecule has 0 fully saturated rings. The Bertz CT molecular complexity index is 1100. The van der Waals surface area contributed by atoms with Gasteiger partial charge in [0.2, 0.25) is 0 Å². The molecule has 0 aliphatic carbocycles. The monoisotopic (exact) mass is 392 g/mol. The zero-order valence-electron chi connectivity index (χ0n) is 17.0. The van der Waals surface area contributed by atoms with Crippen LogP contribution >= 0.6 is 0 Å². The lowest BCUT2D eigenvalue weighted by atomic mass is 9.95. The zero-order valence-corrected chi connectivity index (χ0v) is 17.0. The van der Waals surface area contributed by atoms with Gasteiger partial charge in [-0.25, -0.2) is 4.79 Å². The van der Waals surface area contributed by atoms with Crippen molar-refractivity contribution < 1.29 is 18.2 Å². The fourth-order valence-corrected chi connectivity index (χ4v) is 3.94. The number of hydrogen-bond acceptors (Lipinski definition) is 4. The first-order valence-corrected chi connectivity index (χ1v) is 9.95. The molecule has 0 radical (unpaired) electrons. The van der Waals surface area contributed by atoms with Crippen LogP contribution in [0.25, 0.3) is 11.0 Å². The molecule has 1 N–H and O–H groups in total. The number of fused-ring (bicyclic) bond motifs is 1. The zero-order chi connectivity index (χ0) is 20.4. The van der Waals surface area contributed by atoms with E-state index in [9.17, 15) is 4.79 Å². The van der Waals surface area contributed by atoms with Gasteiger partial charge in [-0.05, 0) is 60.4 Å². The third kappa shape index (κ3) is 4.35. The maximum atomic E-state index is 12.2. The topological polar surface area (TPSA) is 60.9 Å². The summed E-state index contributed by atoms with van der Waals surface area (Å²) in [6, 6.07) is 13.5. The lowest BCUT2D eigenvalue weighted by Crippen LogP contribution is -3.08. The molecule has 4 aromatic rings. The minimum Gasteiger partial charge on any atom is -0.463 e. The van der Waals surface area contributed by atoms with Crippen molar-refractivity contribution >= 4 is 11.0 Å². The van der Waals surface area contributed by atoms with E-state index >= 15 is 0 Å². The molecular formula is C24H26NO4+. The molecule has 3 aromatic heterocycles. The molecule has 0 saturated heterocycles. The highest BCUT2D eigenvalue weighted by molar-refractivity contribution is 5.82. The molecule has 3 heterocycles. The predicted octanol–water partition coefficient (Wildman–Crippen LogP) is 4.20. The van der Waals surface area contributed by atoms with E-state index < -0.39 is 0 Å². The van der Waals surface area contributed by atoms with E-state index in [1.165, 1.54) is 10.5 Å². The van der Waals surface area contributed by atoms with Gasteiger partial charge in [-0.3, -0.25) is 0 Å². The second-order valence-corrected chi connectivity index (χ2v) is 7.89. The molecule has 0 spiro atoms. The van der Waals surface area contributed by atoms with Crippen LogP contribution in [0.5, 0.6) is 0 Å². The van der Waals surface area contributed by atoms with Crippen LogP contribution in [0.3, 0.4) is 0 Å². The fourth-order valence-electron chi connectivity index (χ4n) is 3.94. The van der Waals surface area contributed by atoms with E-state index in [1.807, 2.05) is 30.3 Å². The van der Waals surface area contributed by atoms with Crippen molar-refractivity contribution in [1.82, 2.24) is 0 Å². The van der Waals surface area contributed by atoms with Crippen molar-refractivity contribution in [3.63, 3.8) is 0 Å². The van der Waals surface area contributed by atoms with Crippen LogP contribution in [0.4, 0.5) is 0 Å². The number of nitrogens with one attached hydrogen (secondary N) is 1. The predicted molar refractivity (Wildman–Crippen MR) is 111 cm³/mol. The highest BCUT2D eigenvalue weighted by Gasteiger charge is 2.19. The standard InChI is InChI=1S/C24H25NO4/c1-16(2)21-12-22-18(11-24(26)29-23(22)10-17(21)3)13-25(14-19-6-4-8-27-19)15-20-7-5-9-28-20/h4-12,16H,13-15H2,1-3H3/p+1. The van der Waals surface area contributed by atoms with Crippen molar-refractivity contribution in [2.24, 2.45) is 0 Å². The number of aryl methyl sites for hydroxylation is 1. The Kier molecular flexibility index (Phi) is 5.41. The van der Waals surface area contributed by atoms with Crippen molar-refractivity contribution in [1.29, 1.82) is 0 Å². The van der Waals surface area contributed by atoms with Gasteiger partial charge in [0.25, 0.3) is 0 Å². The first-order chi connectivity index (χ1) is 14.0. The summed E-state index contributed by atoms with van der Waals surface area (Å²) in [5.41, 5.74) is 3.71. The highest BCUT2D eigenvalue weighted by atomic mass is 16.4. The molecule has 150 valence electrons. The second kappa shape index (κ2) is 8.13. The molecule has 0 atom stereocenters. The van der Waals surface area contributed by atoms with Crippen LogP contribution in [0.2, 0.25) is 0 Å². The van der Waals surface area contributed by atoms with Gasteiger partial charge >= 0.3 is 5.63 Å². The largest absolute Gasteiger partial charge is 0.463 e. The minimum atomic E-state index is -0.320. The molecule has 5 heteroatoms. The quantitative estimate of drug-likeness (QED) is 0.479. The molecular weight excluding hydrogens is 366 g/mol. The van der Waals surface area contributed by atoms with Gasteiger partial charge in [-0.1, -0.05) is 13.8 Å². The lowest BCUT2D eigenvalue weighted by molar-refractivity contribution is -0.942. The first-order valence-electron chi connectivity index (χ1n) is 9.95. The Labute approximate surface area is 169 Å². The fraction of sp³-hybridized carbons (Fsp3) is 0.292. The summed E-state index contributed by atoms with van der Waals surface area (Å²) in [5, 5.41) is 0.996. The Morgan fingerprint density at radius 3 is 2.14 bits per heavy atom. The molecule has 0 aliphatic heterocycles. The number of furan rings is 2. The molecule has 0 amide bonds. The number of rotatable bonds is 7. The molecule has 1 aromatic carbocycles. The van der Waals surface area contributed by atoms with E-state index in [0.29, 0.717) is 31.1 Å². The molecule has 0 saturated carbocycles. The van der Waals surface area contributed by atoms with Gasteiger partial charge in [0.15, 0.2) is 11.5 Å². The summed E-state index contributed by atoms with van der Waals surface area (Å²) in [4.78, 5) is 13.5. The van der Waals surface area contributed by atoms with Crippen molar-refractivity contribution in [3.8, 4) is 0 Å². The van der Waals surface area contributed by atoms with E-state index in [0.717, 1.165) is 28.0 Å². The Hall–Kier alpha value is -3.05. The second-order valence-electron chi connectivity index (χ2n) is 7.89. The maximum absolute atomic E-state index is 12.2. The Balaban J connectivity index is 1.74. The molecule has 5 nitrogen and oxygen atoms in total. The van der Waals surface area contributed by atoms with Crippen LogP contribution in [-0.2, 0) is 19.6 Å². The normalized spacial score (nSPS) is 11.8. The maximum Gasteiger partial charge on any atom is 0.336 e. The van der Waals surface area contributed by atoms with Gasteiger partial charge in [0, 0.05) is 17.0 Å². The van der Waals surface area contributed by atoms with Crippen LogP contribution in [-0.4, -0.2) is 0 Å². The third-order valence-corrected chi connectivity index (χ3v) is 5.29. The van der Waals surface area contributed by atoms with Crippen LogP contribution < -0.4 is 10.5 Å². The van der Waals surface area contributed by atoms with Crippen molar-refractivity contribution in [2.75, 3.05) is 0 Å². The van der Waals surface area contributed by atoms with Gasteiger partial charge in [-0.15, -0.1) is 0 Å². The van der Waals surface area contributed by atoms with Gasteiger partial charge < -0.3 is 18.2 Å². The van der Waals surface area contributed by atoms with Crippen LogP contribution in [0.15, 0.2) is 73.0 Å². The third-order valence-electron chi connectivity index (χ3n) is 5.29. The van der Waals surface area contributed by atoms with Gasteiger partial charge in [0.05, 0.1) is 12.5 Å². The van der Waals surface area contributed by atoms with E-state index in [4.69, 9.17) is 13.3 Å².